The number of aliphatic hydroxyl groups is 1. The monoisotopic (exact) mass is 252 g/mol. The van der Waals surface area contributed by atoms with Crippen molar-refractivity contribution in [3.63, 3.8) is 0 Å². The zero-order chi connectivity index (χ0) is 13.5. The maximum atomic E-state index is 11.1. The Bertz CT molecular complexity index is 407. The van der Waals surface area contributed by atoms with Crippen molar-refractivity contribution in [2.24, 2.45) is 0 Å². The van der Waals surface area contributed by atoms with Gasteiger partial charge in [-0.05, 0) is 32.3 Å². The molecule has 100 valence electrons. The van der Waals surface area contributed by atoms with Gasteiger partial charge in [-0.2, -0.15) is 0 Å². The summed E-state index contributed by atoms with van der Waals surface area (Å²) >= 11 is 0. The van der Waals surface area contributed by atoms with E-state index in [1.807, 2.05) is 18.9 Å². The summed E-state index contributed by atoms with van der Waals surface area (Å²) < 4.78 is 0. The number of carboxylic acid groups (broad SMARTS) is 1. The van der Waals surface area contributed by atoms with E-state index in [0.29, 0.717) is 5.69 Å². The number of aromatic nitrogens is 1. The average molecular weight is 252 g/mol. The first-order chi connectivity index (χ1) is 8.56. The van der Waals surface area contributed by atoms with Gasteiger partial charge in [0.05, 0.1) is 5.69 Å². The average Bonchev–Trinajstić information content (AvgIpc) is 2.34. The fraction of sp³-hybridized carbons (Fsp3) is 0.538. The predicted octanol–water partition coefficient (Wildman–Crippen LogP) is 1.69. The van der Waals surface area contributed by atoms with E-state index in [0.717, 1.165) is 31.5 Å². The molecule has 0 bridgehead atoms. The number of anilines is 1. The molecule has 0 amide bonds. The van der Waals surface area contributed by atoms with Crippen LogP contribution in [-0.2, 0) is 0 Å². The van der Waals surface area contributed by atoms with Gasteiger partial charge >= 0.3 is 5.97 Å². The third-order valence-electron chi connectivity index (χ3n) is 2.81. The Morgan fingerprint density at radius 2 is 2.11 bits per heavy atom. The predicted molar refractivity (Wildman–Crippen MR) is 70.1 cm³/mol. The Balaban J connectivity index is 2.74. The summed E-state index contributed by atoms with van der Waals surface area (Å²) in [6.07, 6.45) is 4.05. The van der Waals surface area contributed by atoms with Gasteiger partial charge in [0.2, 0.25) is 0 Å². The topological polar surface area (TPSA) is 73.7 Å². The molecule has 0 saturated carbocycles. The first-order valence-electron chi connectivity index (χ1n) is 6.08. The van der Waals surface area contributed by atoms with Crippen LogP contribution in [0.3, 0.4) is 0 Å². The Morgan fingerprint density at radius 3 is 2.72 bits per heavy atom. The number of aryl methyl sites for hydroxylation is 1. The van der Waals surface area contributed by atoms with Crippen molar-refractivity contribution in [1.29, 1.82) is 0 Å². The molecule has 1 aromatic rings. The van der Waals surface area contributed by atoms with Crippen LogP contribution in [0.2, 0.25) is 0 Å². The summed E-state index contributed by atoms with van der Waals surface area (Å²) in [5, 5.41) is 17.8. The minimum atomic E-state index is -0.959. The molecule has 1 heterocycles. The molecule has 0 aliphatic carbocycles. The lowest BCUT2D eigenvalue weighted by molar-refractivity contribution is 0.0697. The number of nitrogens with zero attached hydrogens (tertiary/aromatic N) is 2. The fourth-order valence-corrected chi connectivity index (χ4v) is 1.78. The van der Waals surface area contributed by atoms with Gasteiger partial charge in [0.25, 0.3) is 0 Å². The highest BCUT2D eigenvalue weighted by molar-refractivity contribution is 5.94. The number of rotatable bonds is 7. The number of aliphatic hydroxyl groups excluding tert-OH is 1. The molecule has 1 rings (SSSR count). The Labute approximate surface area is 107 Å². The van der Waals surface area contributed by atoms with Gasteiger partial charge in [-0.1, -0.05) is 0 Å². The minimum Gasteiger partial charge on any atom is -0.478 e. The van der Waals surface area contributed by atoms with Crippen LogP contribution in [0.5, 0.6) is 0 Å². The van der Waals surface area contributed by atoms with Crippen molar-refractivity contribution in [2.45, 2.75) is 26.2 Å². The molecule has 1 aromatic heterocycles. The highest BCUT2D eigenvalue weighted by Gasteiger charge is 2.14. The Morgan fingerprint density at radius 1 is 1.39 bits per heavy atom. The number of unbranched alkanes of at least 4 members (excludes halogenated alkanes) is 2. The number of carboxylic acids is 1. The molecule has 5 nitrogen and oxygen atoms in total. The highest BCUT2D eigenvalue weighted by atomic mass is 16.4. The van der Waals surface area contributed by atoms with E-state index >= 15 is 0 Å². The maximum Gasteiger partial charge on any atom is 0.339 e. The minimum absolute atomic E-state index is 0.207. The van der Waals surface area contributed by atoms with Gasteiger partial charge in [0, 0.05) is 32.1 Å². The summed E-state index contributed by atoms with van der Waals surface area (Å²) in [4.78, 5) is 17.1. The molecule has 0 aliphatic heterocycles. The molecule has 0 atom stereocenters. The molecule has 0 unspecified atom stereocenters. The zero-order valence-corrected chi connectivity index (χ0v) is 10.9. The molecule has 2 N–H and O–H groups in total. The number of hydrogen-bond donors (Lipinski definition) is 2. The number of hydrogen-bond acceptors (Lipinski definition) is 4. The summed E-state index contributed by atoms with van der Waals surface area (Å²) in [5.74, 6) is -0.959. The molecule has 0 radical (unpaired) electrons. The van der Waals surface area contributed by atoms with Crippen LogP contribution < -0.4 is 4.90 Å². The number of aromatic carboxylic acids is 1. The van der Waals surface area contributed by atoms with Crippen molar-refractivity contribution < 1.29 is 15.0 Å². The van der Waals surface area contributed by atoms with Gasteiger partial charge < -0.3 is 15.1 Å². The third kappa shape index (κ3) is 4.00. The standard InChI is InChI=1S/C13H20N2O3/c1-10-8-12(11(9-14-10)13(17)18)15(2)6-4-3-5-7-16/h8-9,16H,3-7H2,1-2H3,(H,17,18). The molecule has 0 aromatic carbocycles. The third-order valence-corrected chi connectivity index (χ3v) is 2.81. The van der Waals surface area contributed by atoms with Crippen LogP contribution in [0.15, 0.2) is 12.3 Å². The molecule has 5 heteroatoms. The first kappa shape index (κ1) is 14.4. The van der Waals surface area contributed by atoms with Gasteiger partial charge in [0.1, 0.15) is 5.56 Å². The van der Waals surface area contributed by atoms with Crippen molar-refractivity contribution in [2.75, 3.05) is 25.1 Å². The molecule has 0 saturated heterocycles. The van der Waals surface area contributed by atoms with Crippen LogP contribution in [-0.4, -0.2) is 41.4 Å². The van der Waals surface area contributed by atoms with Crippen LogP contribution in [0.1, 0.15) is 35.3 Å². The van der Waals surface area contributed by atoms with Crippen molar-refractivity contribution in [3.8, 4) is 0 Å². The largest absolute Gasteiger partial charge is 0.478 e. The highest BCUT2D eigenvalue weighted by Crippen LogP contribution is 2.20. The Hall–Kier alpha value is -1.62. The summed E-state index contributed by atoms with van der Waals surface area (Å²) in [6, 6.07) is 1.79. The van der Waals surface area contributed by atoms with Crippen molar-refractivity contribution in [3.05, 3.63) is 23.5 Å². The second-order valence-electron chi connectivity index (χ2n) is 4.35. The maximum absolute atomic E-state index is 11.1. The van der Waals surface area contributed by atoms with Gasteiger partial charge in [-0.15, -0.1) is 0 Å². The lowest BCUT2D eigenvalue weighted by Crippen LogP contribution is -2.21. The normalized spacial score (nSPS) is 10.4. The van der Waals surface area contributed by atoms with E-state index in [4.69, 9.17) is 10.2 Å². The molecular formula is C13H20N2O3. The zero-order valence-electron chi connectivity index (χ0n) is 10.9. The lowest BCUT2D eigenvalue weighted by atomic mass is 10.1. The van der Waals surface area contributed by atoms with Gasteiger partial charge in [-0.25, -0.2) is 4.79 Å². The second kappa shape index (κ2) is 6.96. The summed E-state index contributed by atoms with van der Waals surface area (Å²) in [6.45, 7) is 2.82. The molecule has 18 heavy (non-hydrogen) atoms. The van der Waals surface area contributed by atoms with E-state index in [2.05, 4.69) is 4.98 Å². The number of carbonyl (C=O) groups is 1. The molecule has 0 spiro atoms. The quantitative estimate of drug-likeness (QED) is 0.722. The summed E-state index contributed by atoms with van der Waals surface area (Å²) in [5.41, 5.74) is 1.72. The SMILES string of the molecule is Cc1cc(N(C)CCCCCO)c(C(=O)O)cn1. The molecule has 0 fully saturated rings. The lowest BCUT2D eigenvalue weighted by Gasteiger charge is -2.21. The Kier molecular flexibility index (Phi) is 5.58. The summed E-state index contributed by atoms with van der Waals surface area (Å²) in [7, 11) is 1.88. The van der Waals surface area contributed by atoms with E-state index in [1.165, 1.54) is 6.20 Å². The number of pyridine rings is 1. The smallest absolute Gasteiger partial charge is 0.339 e. The van der Waals surface area contributed by atoms with Crippen molar-refractivity contribution >= 4 is 11.7 Å². The molecular weight excluding hydrogens is 232 g/mol. The van der Waals surface area contributed by atoms with Crippen LogP contribution in [0.25, 0.3) is 0 Å². The van der Waals surface area contributed by atoms with E-state index in [9.17, 15) is 4.79 Å². The van der Waals surface area contributed by atoms with Crippen LogP contribution >= 0.6 is 0 Å². The first-order valence-corrected chi connectivity index (χ1v) is 6.08. The van der Waals surface area contributed by atoms with Crippen LogP contribution in [0.4, 0.5) is 5.69 Å². The van der Waals surface area contributed by atoms with E-state index in [1.54, 1.807) is 6.07 Å². The fourth-order valence-electron chi connectivity index (χ4n) is 1.78. The van der Waals surface area contributed by atoms with E-state index < -0.39 is 5.97 Å². The van der Waals surface area contributed by atoms with Crippen LogP contribution in [0, 0.1) is 6.92 Å². The van der Waals surface area contributed by atoms with Crippen molar-refractivity contribution in [1.82, 2.24) is 4.98 Å². The second-order valence-corrected chi connectivity index (χ2v) is 4.35. The van der Waals surface area contributed by atoms with Gasteiger partial charge in [0.15, 0.2) is 0 Å². The molecule has 0 aliphatic rings. The van der Waals surface area contributed by atoms with E-state index in [-0.39, 0.29) is 12.2 Å². The van der Waals surface area contributed by atoms with Gasteiger partial charge in [-0.3, -0.25) is 4.98 Å².